The van der Waals surface area contributed by atoms with Gasteiger partial charge in [0.05, 0.1) is 0 Å². The molecule has 0 heterocycles. The Kier molecular flexibility index (Phi) is 13.8. The zero-order valence-corrected chi connectivity index (χ0v) is 18.6. The van der Waals surface area contributed by atoms with Gasteiger partial charge in [-0.15, -0.1) is 0 Å². The van der Waals surface area contributed by atoms with Crippen LogP contribution < -0.4 is 0 Å². The summed E-state index contributed by atoms with van der Waals surface area (Å²) in [5, 5.41) is 0. The largest absolute Gasteiger partial charge is 0.394 e. The van der Waals surface area contributed by atoms with E-state index in [-0.39, 0.29) is 0 Å². The first kappa shape index (κ1) is 23.8. The summed E-state index contributed by atoms with van der Waals surface area (Å²) >= 11 is 0. The van der Waals surface area contributed by atoms with E-state index in [9.17, 15) is 0 Å². The molecule has 0 unspecified atom stereocenters. The highest BCUT2D eigenvalue weighted by molar-refractivity contribution is 6.73. The van der Waals surface area contributed by atoms with Crippen LogP contribution in [0.25, 0.3) is 0 Å². The van der Waals surface area contributed by atoms with Gasteiger partial charge in [-0.05, 0) is 53.6 Å². The van der Waals surface area contributed by atoms with Crippen LogP contribution in [0.3, 0.4) is 0 Å². The number of allylic oxidation sites excluding steroid dienone is 4. The molecule has 0 atom stereocenters. The molecule has 6 heteroatoms. The quantitative estimate of drug-likeness (QED) is 0.293. The van der Waals surface area contributed by atoms with Gasteiger partial charge in [-0.3, -0.25) is 0 Å². The van der Waals surface area contributed by atoms with Gasteiger partial charge < -0.3 is 17.7 Å². The molecule has 0 aliphatic heterocycles. The molecule has 142 valence electrons. The summed E-state index contributed by atoms with van der Waals surface area (Å²) in [6.07, 6.45) is 8.51. The average molecular weight is 375 g/mol. The normalized spacial score (nSPS) is 13.4. The van der Waals surface area contributed by atoms with Gasteiger partial charge in [0, 0.05) is 38.5 Å². The SMILES string of the molecule is CC=CC[Si](CC[Si](CC=CC)(OCC)OCC)(OCC)OCC. The predicted octanol–water partition coefficient (Wildman–Crippen LogP) is 5.17. The first-order valence-corrected chi connectivity index (χ1v) is 13.8. The van der Waals surface area contributed by atoms with Crippen LogP contribution in [0.15, 0.2) is 24.3 Å². The molecule has 0 bridgehead atoms. The molecule has 0 rings (SSSR count). The summed E-state index contributed by atoms with van der Waals surface area (Å²) in [5.74, 6) is 0. The maximum absolute atomic E-state index is 6.19. The van der Waals surface area contributed by atoms with Crippen LogP contribution in [-0.2, 0) is 17.7 Å². The molecular formula is C18H38O4Si2. The third-order valence-electron chi connectivity index (χ3n) is 3.85. The van der Waals surface area contributed by atoms with Gasteiger partial charge >= 0.3 is 17.1 Å². The summed E-state index contributed by atoms with van der Waals surface area (Å²) < 4.78 is 24.7. The second kappa shape index (κ2) is 14.0. The Bertz CT molecular complexity index is 313. The van der Waals surface area contributed by atoms with E-state index in [1.54, 1.807) is 0 Å². The minimum Gasteiger partial charge on any atom is -0.394 e. The molecule has 0 aliphatic rings. The predicted molar refractivity (Wildman–Crippen MR) is 107 cm³/mol. The lowest BCUT2D eigenvalue weighted by atomic mass is 10.6. The molecule has 24 heavy (non-hydrogen) atoms. The van der Waals surface area contributed by atoms with Gasteiger partial charge in [0.1, 0.15) is 0 Å². The summed E-state index contributed by atoms with van der Waals surface area (Å²) in [7, 11) is -4.52. The second-order valence-corrected chi connectivity index (χ2v) is 12.2. The molecule has 0 aromatic carbocycles. The number of rotatable bonds is 15. The Morgan fingerprint density at radius 1 is 0.583 bits per heavy atom. The van der Waals surface area contributed by atoms with Crippen LogP contribution in [0.5, 0.6) is 0 Å². The first-order valence-electron chi connectivity index (χ1n) is 9.35. The fraction of sp³-hybridized carbons (Fsp3) is 0.778. The van der Waals surface area contributed by atoms with Crippen LogP contribution in [0, 0.1) is 0 Å². The fourth-order valence-electron chi connectivity index (χ4n) is 2.84. The lowest BCUT2D eigenvalue weighted by molar-refractivity contribution is 0.173. The Morgan fingerprint density at radius 2 is 0.875 bits per heavy atom. The number of hydrogen-bond acceptors (Lipinski definition) is 4. The smallest absolute Gasteiger partial charge is 0.341 e. The summed E-state index contributed by atoms with van der Waals surface area (Å²) in [5.41, 5.74) is 0. The van der Waals surface area contributed by atoms with E-state index in [4.69, 9.17) is 17.7 Å². The zero-order valence-electron chi connectivity index (χ0n) is 16.6. The molecule has 0 aromatic rings. The standard InChI is InChI=1S/C18H38O4Si2/c1-7-13-15-23(19-9-3,20-10-4)17-18-24(21-11-5,22-12-6)16-14-8-2/h7-8,13-14H,9-12,15-18H2,1-6H3. The van der Waals surface area contributed by atoms with Crippen LogP contribution in [-0.4, -0.2) is 43.5 Å². The van der Waals surface area contributed by atoms with Crippen LogP contribution in [0.1, 0.15) is 41.5 Å². The van der Waals surface area contributed by atoms with Crippen molar-refractivity contribution in [2.24, 2.45) is 0 Å². The Labute approximate surface area is 151 Å². The lowest BCUT2D eigenvalue weighted by Gasteiger charge is -2.34. The van der Waals surface area contributed by atoms with Crippen molar-refractivity contribution in [1.82, 2.24) is 0 Å². The molecule has 0 N–H and O–H groups in total. The fourth-order valence-corrected chi connectivity index (χ4v) is 10.8. The van der Waals surface area contributed by atoms with Gasteiger partial charge in [-0.2, -0.15) is 0 Å². The third-order valence-corrected chi connectivity index (χ3v) is 11.3. The van der Waals surface area contributed by atoms with Gasteiger partial charge in [0.25, 0.3) is 0 Å². The lowest BCUT2D eigenvalue weighted by Crippen LogP contribution is -2.47. The van der Waals surface area contributed by atoms with Gasteiger partial charge in [-0.25, -0.2) is 0 Å². The van der Waals surface area contributed by atoms with E-state index in [1.807, 2.05) is 41.5 Å². The van der Waals surface area contributed by atoms with E-state index in [1.165, 1.54) is 0 Å². The average Bonchev–Trinajstić information content (AvgIpc) is 2.57. The Morgan fingerprint density at radius 3 is 1.08 bits per heavy atom. The van der Waals surface area contributed by atoms with Crippen molar-refractivity contribution in [3.05, 3.63) is 24.3 Å². The Balaban J connectivity index is 5.29. The second-order valence-electron chi connectivity index (χ2n) is 5.60. The van der Waals surface area contributed by atoms with Crippen molar-refractivity contribution < 1.29 is 17.7 Å². The van der Waals surface area contributed by atoms with E-state index in [0.717, 1.165) is 24.2 Å². The molecule has 0 aromatic heterocycles. The van der Waals surface area contributed by atoms with Gasteiger partial charge in [-0.1, -0.05) is 24.3 Å². The van der Waals surface area contributed by atoms with Crippen LogP contribution >= 0.6 is 0 Å². The van der Waals surface area contributed by atoms with E-state index in [0.29, 0.717) is 26.4 Å². The molecule has 0 aliphatic carbocycles. The maximum Gasteiger partial charge on any atom is 0.341 e. The molecule has 0 saturated heterocycles. The summed E-state index contributed by atoms with van der Waals surface area (Å²) in [6, 6.07) is 3.61. The number of hydrogen-bond donors (Lipinski definition) is 0. The van der Waals surface area contributed by atoms with Crippen molar-refractivity contribution >= 4 is 17.1 Å². The van der Waals surface area contributed by atoms with Crippen molar-refractivity contribution in [3.8, 4) is 0 Å². The summed E-state index contributed by atoms with van der Waals surface area (Å²) in [4.78, 5) is 0. The minimum absolute atomic E-state index is 0.691. The van der Waals surface area contributed by atoms with Crippen molar-refractivity contribution in [2.75, 3.05) is 26.4 Å². The van der Waals surface area contributed by atoms with Crippen molar-refractivity contribution in [2.45, 2.75) is 65.7 Å². The van der Waals surface area contributed by atoms with Crippen molar-refractivity contribution in [1.29, 1.82) is 0 Å². The minimum atomic E-state index is -2.26. The summed E-state index contributed by atoms with van der Waals surface area (Å²) in [6.45, 7) is 15.0. The van der Waals surface area contributed by atoms with Crippen LogP contribution in [0.4, 0.5) is 0 Å². The molecule has 0 amide bonds. The first-order chi connectivity index (χ1) is 11.6. The molecule has 0 spiro atoms. The Hall–Kier alpha value is -0.246. The highest BCUT2D eigenvalue weighted by Crippen LogP contribution is 2.30. The van der Waals surface area contributed by atoms with E-state index in [2.05, 4.69) is 24.3 Å². The molecule has 0 radical (unpaired) electrons. The van der Waals surface area contributed by atoms with E-state index < -0.39 is 17.1 Å². The van der Waals surface area contributed by atoms with Crippen molar-refractivity contribution in [3.63, 3.8) is 0 Å². The highest BCUT2D eigenvalue weighted by Gasteiger charge is 2.43. The maximum atomic E-state index is 6.19. The third kappa shape index (κ3) is 8.73. The van der Waals surface area contributed by atoms with Gasteiger partial charge in [0.2, 0.25) is 0 Å². The van der Waals surface area contributed by atoms with E-state index >= 15 is 0 Å². The topological polar surface area (TPSA) is 36.9 Å². The molecular weight excluding hydrogens is 336 g/mol. The molecule has 4 nitrogen and oxygen atoms in total. The highest BCUT2D eigenvalue weighted by atomic mass is 28.4. The monoisotopic (exact) mass is 374 g/mol. The molecule has 0 saturated carbocycles. The van der Waals surface area contributed by atoms with Crippen LogP contribution in [0.2, 0.25) is 24.2 Å². The van der Waals surface area contributed by atoms with Gasteiger partial charge in [0.15, 0.2) is 0 Å². The molecule has 0 fully saturated rings. The zero-order chi connectivity index (χ0) is 18.3.